The Labute approximate surface area is 176 Å². The van der Waals surface area contributed by atoms with Gasteiger partial charge in [0.15, 0.2) is 0 Å². The van der Waals surface area contributed by atoms with Crippen molar-refractivity contribution in [3.05, 3.63) is 103 Å². The van der Waals surface area contributed by atoms with Crippen LogP contribution < -0.4 is 5.46 Å². The van der Waals surface area contributed by atoms with Crippen molar-refractivity contribution < 1.29 is 10.0 Å². The third kappa shape index (κ3) is 2.83. The molecule has 0 atom stereocenters. The van der Waals surface area contributed by atoms with E-state index in [1.165, 1.54) is 33.0 Å². The molecule has 0 saturated heterocycles. The Morgan fingerprint density at radius 1 is 0.833 bits per heavy atom. The second-order valence-electron chi connectivity index (χ2n) is 7.67. The van der Waals surface area contributed by atoms with Crippen LogP contribution >= 0.6 is 0 Å². The fraction of sp³-hybridized carbons (Fsp3) is 0.0370. The molecule has 5 rings (SSSR count). The number of rotatable bonds is 3. The molecule has 0 spiro atoms. The molecule has 0 unspecified atom stereocenters. The molecule has 0 radical (unpaired) electrons. The number of hydrogen-bond acceptors (Lipinski definition) is 2. The number of hydrogen-bond donors (Lipinski definition) is 2. The lowest BCUT2D eigenvalue weighted by Gasteiger charge is -2.11. The molecule has 4 aromatic carbocycles. The van der Waals surface area contributed by atoms with Gasteiger partial charge in [0.05, 0.1) is 0 Å². The zero-order valence-electron chi connectivity index (χ0n) is 16.8. The third-order valence-corrected chi connectivity index (χ3v) is 5.91. The third-order valence-electron chi connectivity index (χ3n) is 5.91. The molecule has 0 aliphatic heterocycles. The molecule has 4 aromatic rings. The van der Waals surface area contributed by atoms with Gasteiger partial charge in [-0.3, -0.25) is 0 Å². The Morgan fingerprint density at radius 2 is 1.60 bits per heavy atom. The van der Waals surface area contributed by atoms with Gasteiger partial charge in [0.25, 0.3) is 0 Å². The highest BCUT2D eigenvalue weighted by molar-refractivity contribution is 6.58. The molecule has 0 heterocycles. The first kappa shape index (κ1) is 18.6. The molecule has 2 N–H and O–H groups in total. The molecule has 3 heteroatoms. The van der Waals surface area contributed by atoms with Crippen LogP contribution in [0.25, 0.3) is 43.8 Å². The maximum absolute atomic E-state index is 9.43. The van der Waals surface area contributed by atoms with Crippen molar-refractivity contribution in [2.75, 3.05) is 0 Å². The highest BCUT2D eigenvalue weighted by Gasteiger charge is 2.23. The molecule has 0 amide bonds. The maximum Gasteiger partial charge on any atom is 0.488 e. The van der Waals surface area contributed by atoms with Crippen LogP contribution in [-0.4, -0.2) is 17.2 Å². The van der Waals surface area contributed by atoms with Gasteiger partial charge < -0.3 is 10.0 Å². The molecule has 1 aliphatic rings. The van der Waals surface area contributed by atoms with Crippen LogP contribution in [0.4, 0.5) is 0 Å². The van der Waals surface area contributed by atoms with Crippen LogP contribution in [0.2, 0.25) is 0 Å². The van der Waals surface area contributed by atoms with Crippen molar-refractivity contribution in [1.82, 2.24) is 0 Å². The summed E-state index contributed by atoms with van der Waals surface area (Å²) in [6.07, 6.45) is 6.23. The lowest BCUT2D eigenvalue weighted by molar-refractivity contribution is 0.426. The van der Waals surface area contributed by atoms with E-state index in [2.05, 4.69) is 61.2 Å². The lowest BCUT2D eigenvalue weighted by atomic mass is 9.79. The predicted molar refractivity (Wildman–Crippen MR) is 129 cm³/mol. The van der Waals surface area contributed by atoms with E-state index in [0.29, 0.717) is 5.46 Å². The van der Waals surface area contributed by atoms with Gasteiger partial charge in [-0.25, -0.2) is 0 Å². The minimum atomic E-state index is -1.46. The predicted octanol–water partition coefficient (Wildman–Crippen LogP) is 5.33. The molecular weight excluding hydrogens is 367 g/mol. The molecule has 144 valence electrons. The summed E-state index contributed by atoms with van der Waals surface area (Å²) < 4.78 is 0. The van der Waals surface area contributed by atoms with Crippen molar-refractivity contribution in [2.45, 2.75) is 6.92 Å². The van der Waals surface area contributed by atoms with E-state index in [1.807, 2.05) is 31.2 Å². The topological polar surface area (TPSA) is 40.5 Å². The Hall–Kier alpha value is -3.40. The van der Waals surface area contributed by atoms with E-state index < -0.39 is 7.12 Å². The maximum atomic E-state index is 9.43. The average molecular weight is 388 g/mol. The van der Waals surface area contributed by atoms with Crippen molar-refractivity contribution in [2.24, 2.45) is 0 Å². The molecule has 0 fully saturated rings. The molecule has 0 bridgehead atoms. The van der Waals surface area contributed by atoms with Crippen LogP contribution in [0.1, 0.15) is 18.1 Å². The van der Waals surface area contributed by atoms with Crippen LogP contribution in [0.5, 0.6) is 0 Å². The van der Waals surface area contributed by atoms with Gasteiger partial charge in [0.2, 0.25) is 0 Å². The highest BCUT2D eigenvalue weighted by atomic mass is 16.4. The van der Waals surface area contributed by atoms with E-state index in [4.69, 9.17) is 0 Å². The van der Waals surface area contributed by atoms with Gasteiger partial charge in [-0.05, 0) is 73.4 Å². The Morgan fingerprint density at radius 3 is 2.40 bits per heavy atom. The average Bonchev–Trinajstić information content (AvgIpc) is 3.04. The van der Waals surface area contributed by atoms with Crippen molar-refractivity contribution in [3.8, 4) is 11.1 Å². The summed E-state index contributed by atoms with van der Waals surface area (Å²) in [6.45, 7) is 6.37. The highest BCUT2D eigenvalue weighted by Crippen LogP contribution is 2.47. The van der Waals surface area contributed by atoms with Gasteiger partial charge in [-0.1, -0.05) is 85.5 Å². The summed E-state index contributed by atoms with van der Waals surface area (Å²) >= 11 is 0. The summed E-state index contributed by atoms with van der Waals surface area (Å²) in [5, 5.41) is 23.4. The minimum absolute atomic E-state index is 0.500. The van der Waals surface area contributed by atoms with Crippen molar-refractivity contribution in [3.63, 3.8) is 0 Å². The summed E-state index contributed by atoms with van der Waals surface area (Å²) in [5.74, 6) is 0. The minimum Gasteiger partial charge on any atom is -0.423 e. The van der Waals surface area contributed by atoms with E-state index in [1.54, 1.807) is 6.07 Å². The number of fused-ring (bicyclic) bond motifs is 1. The van der Waals surface area contributed by atoms with Crippen LogP contribution in [0.3, 0.4) is 0 Å². The van der Waals surface area contributed by atoms with Gasteiger partial charge in [-0.2, -0.15) is 0 Å². The largest absolute Gasteiger partial charge is 0.488 e. The zero-order valence-corrected chi connectivity index (χ0v) is 16.8. The van der Waals surface area contributed by atoms with Gasteiger partial charge >= 0.3 is 7.12 Å². The Bertz CT molecular complexity index is 1390. The van der Waals surface area contributed by atoms with Gasteiger partial charge in [0, 0.05) is 0 Å². The summed E-state index contributed by atoms with van der Waals surface area (Å²) in [4.78, 5) is 0. The lowest BCUT2D eigenvalue weighted by Crippen LogP contribution is -2.29. The van der Waals surface area contributed by atoms with Crippen LogP contribution in [0.15, 0.2) is 91.5 Å². The summed E-state index contributed by atoms with van der Waals surface area (Å²) in [6, 6.07) is 22.6. The smallest absolute Gasteiger partial charge is 0.423 e. The summed E-state index contributed by atoms with van der Waals surface area (Å²) in [5.41, 5.74) is 7.50. The van der Waals surface area contributed by atoms with E-state index in [0.717, 1.165) is 21.9 Å². The second kappa shape index (κ2) is 7.14. The number of allylic oxidation sites excluding steroid dienone is 5. The van der Waals surface area contributed by atoms with Crippen LogP contribution in [-0.2, 0) is 0 Å². The normalized spacial score (nSPS) is 14.5. The fourth-order valence-corrected chi connectivity index (χ4v) is 4.42. The van der Waals surface area contributed by atoms with E-state index in [-0.39, 0.29) is 0 Å². The quantitative estimate of drug-likeness (QED) is 0.466. The molecular formula is C27H21BO2. The molecule has 1 aliphatic carbocycles. The summed E-state index contributed by atoms with van der Waals surface area (Å²) in [7, 11) is -1.46. The fourth-order valence-electron chi connectivity index (χ4n) is 4.42. The first-order chi connectivity index (χ1) is 14.6. The first-order valence-corrected chi connectivity index (χ1v) is 10.1. The van der Waals surface area contributed by atoms with E-state index in [9.17, 15) is 10.0 Å². The van der Waals surface area contributed by atoms with Gasteiger partial charge in [-0.15, -0.1) is 0 Å². The standard InChI is InChI=1S/C27H21BO2/c1-3-4-6-22-17(2)23-13-14-24(26-8-5-7-25(22)27(23)26)20-10-9-19-16-21(28(29)30)12-11-18(19)15-20/h3-16,29-30H,2H2,1H3/b4-3-,22-6+. The monoisotopic (exact) mass is 388 g/mol. The molecule has 2 nitrogen and oxygen atoms in total. The first-order valence-electron chi connectivity index (χ1n) is 10.1. The van der Waals surface area contributed by atoms with Crippen LogP contribution in [0, 0.1) is 0 Å². The SMILES string of the molecule is C=C1/C(=C\C=C/C)c2cccc3c(-c4ccc5cc(B(O)O)ccc5c4)ccc1c23. The van der Waals surface area contributed by atoms with Crippen molar-refractivity contribution in [1.29, 1.82) is 0 Å². The zero-order chi connectivity index (χ0) is 20.8. The number of benzene rings is 4. The molecule has 0 saturated carbocycles. The Kier molecular flexibility index (Phi) is 4.43. The van der Waals surface area contributed by atoms with Gasteiger partial charge in [0.1, 0.15) is 0 Å². The van der Waals surface area contributed by atoms with E-state index >= 15 is 0 Å². The molecule has 30 heavy (non-hydrogen) atoms. The van der Waals surface area contributed by atoms with Crippen molar-refractivity contribution >= 4 is 45.3 Å². The Balaban J connectivity index is 1.71. The second-order valence-corrected chi connectivity index (χ2v) is 7.67. The molecule has 0 aromatic heterocycles.